The molecular weight excluding hydrogens is 288 g/mol. The first-order chi connectivity index (χ1) is 9.64. The van der Waals surface area contributed by atoms with Crippen molar-refractivity contribution in [2.75, 3.05) is 6.26 Å². The van der Waals surface area contributed by atoms with Crippen molar-refractivity contribution >= 4 is 15.6 Å². The minimum Gasteiger partial charge on any atom is -0.388 e. The molecule has 0 saturated carbocycles. The van der Waals surface area contributed by atoms with Gasteiger partial charge in [0.25, 0.3) is 0 Å². The maximum Gasteiger partial charge on any atom is 0.168 e. The zero-order valence-corrected chi connectivity index (χ0v) is 13.6. The van der Waals surface area contributed by atoms with Crippen LogP contribution in [0.4, 0.5) is 0 Å². The Balaban J connectivity index is 2.90. The van der Waals surface area contributed by atoms with Crippen LogP contribution in [0.3, 0.4) is 0 Å². The van der Waals surface area contributed by atoms with Crippen LogP contribution >= 0.6 is 0 Å². The average molecular weight is 310 g/mol. The van der Waals surface area contributed by atoms with E-state index in [1.807, 2.05) is 6.07 Å². The Hall–Kier alpha value is -1.46. The van der Waals surface area contributed by atoms with E-state index < -0.39 is 27.1 Å². The van der Waals surface area contributed by atoms with E-state index >= 15 is 0 Å². The van der Waals surface area contributed by atoms with E-state index in [9.17, 15) is 18.3 Å². The van der Waals surface area contributed by atoms with Crippen LogP contribution in [-0.4, -0.2) is 36.9 Å². The smallest absolute Gasteiger partial charge is 0.168 e. The summed E-state index contributed by atoms with van der Waals surface area (Å²) in [6.07, 6.45) is 1.64. The number of benzene rings is 1. The first kappa shape index (κ1) is 17.6. The van der Waals surface area contributed by atoms with Gasteiger partial charge in [-0.05, 0) is 19.4 Å². The molecule has 4 nitrogen and oxygen atoms in total. The maximum atomic E-state index is 12.3. The first-order valence-electron chi connectivity index (χ1n) is 6.79. The summed E-state index contributed by atoms with van der Waals surface area (Å²) in [7, 11) is -3.20. The molecule has 1 rings (SSSR count). The molecule has 0 heterocycles. The minimum absolute atomic E-state index is 0.164. The first-order valence-corrected chi connectivity index (χ1v) is 8.74. The number of aliphatic hydroxyl groups excluding tert-OH is 1. The van der Waals surface area contributed by atoms with Gasteiger partial charge in [-0.25, -0.2) is 8.42 Å². The van der Waals surface area contributed by atoms with Gasteiger partial charge in [0.15, 0.2) is 15.6 Å². The van der Waals surface area contributed by atoms with Crippen LogP contribution in [-0.2, 0) is 9.84 Å². The van der Waals surface area contributed by atoms with E-state index in [1.165, 1.54) is 6.08 Å². The van der Waals surface area contributed by atoms with E-state index in [4.69, 9.17) is 0 Å². The average Bonchev–Trinajstić information content (AvgIpc) is 2.44. The molecule has 0 aromatic heterocycles. The van der Waals surface area contributed by atoms with Crippen LogP contribution in [0.15, 0.2) is 42.0 Å². The van der Waals surface area contributed by atoms with E-state index in [-0.39, 0.29) is 5.78 Å². The molecule has 1 unspecified atom stereocenters. The summed E-state index contributed by atoms with van der Waals surface area (Å²) in [5.41, 5.74) is 1.03. The summed E-state index contributed by atoms with van der Waals surface area (Å²) in [6, 6.07) is 8.74. The Morgan fingerprint density at radius 3 is 2.19 bits per heavy atom. The van der Waals surface area contributed by atoms with Gasteiger partial charge in [0.1, 0.15) is 0 Å². The van der Waals surface area contributed by atoms with Crippen molar-refractivity contribution in [2.45, 2.75) is 32.1 Å². The summed E-state index contributed by atoms with van der Waals surface area (Å²) in [5.74, 6) is -0.793. The third kappa shape index (κ3) is 4.79. The molecule has 21 heavy (non-hydrogen) atoms. The summed E-state index contributed by atoms with van der Waals surface area (Å²) in [6.45, 7) is 4.83. The van der Waals surface area contributed by atoms with Crippen molar-refractivity contribution in [2.24, 2.45) is 5.92 Å². The van der Waals surface area contributed by atoms with Gasteiger partial charge in [-0.15, -0.1) is 0 Å². The molecule has 0 amide bonds. The Kier molecular flexibility index (Phi) is 5.87. The van der Waals surface area contributed by atoms with Crippen LogP contribution in [0.1, 0.15) is 31.1 Å². The Morgan fingerprint density at radius 2 is 1.71 bits per heavy atom. The van der Waals surface area contributed by atoms with Gasteiger partial charge in [0, 0.05) is 17.7 Å². The second-order valence-electron chi connectivity index (χ2n) is 5.41. The fourth-order valence-corrected chi connectivity index (χ4v) is 2.46. The molecule has 0 aliphatic rings. The SMILES string of the molecule is C/C(=C\[C@@H](C)S(C)(=O)=O)[C@H](O)C(C)C(=O)c1ccccc1. The van der Waals surface area contributed by atoms with Gasteiger partial charge in [-0.1, -0.05) is 43.3 Å². The lowest BCUT2D eigenvalue weighted by Crippen LogP contribution is -2.28. The summed E-state index contributed by atoms with van der Waals surface area (Å²) < 4.78 is 22.8. The zero-order valence-electron chi connectivity index (χ0n) is 12.8. The highest BCUT2D eigenvalue weighted by Crippen LogP contribution is 2.19. The predicted molar refractivity (Wildman–Crippen MR) is 84.0 cm³/mol. The number of aliphatic hydroxyl groups is 1. The Labute approximate surface area is 126 Å². The van der Waals surface area contributed by atoms with Gasteiger partial charge >= 0.3 is 0 Å². The molecule has 0 fully saturated rings. The number of carbonyl (C=O) groups is 1. The highest BCUT2D eigenvalue weighted by Gasteiger charge is 2.25. The number of sulfone groups is 1. The van der Waals surface area contributed by atoms with E-state index in [0.29, 0.717) is 11.1 Å². The molecule has 0 spiro atoms. The number of carbonyl (C=O) groups excluding carboxylic acids is 1. The highest BCUT2D eigenvalue weighted by atomic mass is 32.2. The molecule has 0 aliphatic carbocycles. The largest absolute Gasteiger partial charge is 0.388 e. The van der Waals surface area contributed by atoms with Crippen LogP contribution in [0.25, 0.3) is 0 Å². The van der Waals surface area contributed by atoms with Crippen LogP contribution in [0.2, 0.25) is 0 Å². The molecule has 0 radical (unpaired) electrons. The van der Waals surface area contributed by atoms with Crippen molar-refractivity contribution in [3.63, 3.8) is 0 Å². The molecule has 1 N–H and O–H groups in total. The predicted octanol–water partition coefficient (Wildman–Crippen LogP) is 2.25. The van der Waals surface area contributed by atoms with Crippen LogP contribution in [0.5, 0.6) is 0 Å². The van der Waals surface area contributed by atoms with Gasteiger partial charge in [0.2, 0.25) is 0 Å². The van der Waals surface area contributed by atoms with E-state index in [0.717, 1.165) is 6.26 Å². The standard InChI is InChI=1S/C16H22O4S/c1-11(10-12(2)21(4,19)20)15(17)13(3)16(18)14-8-6-5-7-9-14/h5-10,12-13,15,17H,1-4H3/b11-10+/t12-,13?,15+/m1/s1. The number of rotatable bonds is 6. The zero-order chi connectivity index (χ0) is 16.2. The van der Waals surface area contributed by atoms with Crippen molar-refractivity contribution in [1.29, 1.82) is 0 Å². The number of hydrogen-bond acceptors (Lipinski definition) is 4. The molecule has 116 valence electrons. The second-order valence-corrected chi connectivity index (χ2v) is 7.81. The van der Waals surface area contributed by atoms with Gasteiger partial charge in [0.05, 0.1) is 11.4 Å². The topological polar surface area (TPSA) is 71.4 Å². The fourth-order valence-electron chi connectivity index (χ4n) is 2.00. The number of ketones is 1. The molecule has 3 atom stereocenters. The highest BCUT2D eigenvalue weighted by molar-refractivity contribution is 7.91. The minimum atomic E-state index is -3.20. The van der Waals surface area contributed by atoms with Crippen molar-refractivity contribution in [1.82, 2.24) is 0 Å². The lowest BCUT2D eigenvalue weighted by atomic mass is 9.90. The van der Waals surface area contributed by atoms with Crippen molar-refractivity contribution in [3.8, 4) is 0 Å². The van der Waals surface area contributed by atoms with E-state index in [2.05, 4.69) is 0 Å². The Morgan fingerprint density at radius 1 is 1.19 bits per heavy atom. The number of Topliss-reactive ketones (excluding diaryl/α,β-unsaturated/α-hetero) is 1. The molecule has 5 heteroatoms. The summed E-state index contributed by atoms with van der Waals surface area (Å²) in [5, 5.41) is 9.56. The summed E-state index contributed by atoms with van der Waals surface area (Å²) in [4.78, 5) is 12.3. The van der Waals surface area contributed by atoms with E-state index in [1.54, 1.807) is 45.0 Å². The normalized spacial score (nSPS) is 17.1. The third-order valence-corrected chi connectivity index (χ3v) is 5.07. The number of hydrogen-bond donors (Lipinski definition) is 1. The lowest BCUT2D eigenvalue weighted by molar-refractivity contribution is 0.0787. The van der Waals surface area contributed by atoms with Crippen LogP contribution < -0.4 is 0 Å². The van der Waals surface area contributed by atoms with Gasteiger partial charge in [-0.3, -0.25) is 4.79 Å². The molecule has 0 aliphatic heterocycles. The molecule has 0 bridgehead atoms. The third-order valence-electron chi connectivity index (χ3n) is 3.58. The quantitative estimate of drug-likeness (QED) is 0.646. The fraction of sp³-hybridized carbons (Fsp3) is 0.438. The second kappa shape index (κ2) is 7.00. The maximum absolute atomic E-state index is 12.3. The Bertz CT molecular complexity index is 617. The van der Waals surface area contributed by atoms with Gasteiger partial charge < -0.3 is 5.11 Å². The molecule has 0 saturated heterocycles. The molecule has 1 aromatic rings. The monoisotopic (exact) mass is 310 g/mol. The van der Waals surface area contributed by atoms with Crippen molar-refractivity contribution < 1.29 is 18.3 Å². The van der Waals surface area contributed by atoms with Crippen LogP contribution in [0, 0.1) is 5.92 Å². The lowest BCUT2D eigenvalue weighted by Gasteiger charge is -2.19. The summed E-state index contributed by atoms with van der Waals surface area (Å²) >= 11 is 0. The van der Waals surface area contributed by atoms with Gasteiger partial charge in [-0.2, -0.15) is 0 Å². The van der Waals surface area contributed by atoms with Crippen molar-refractivity contribution in [3.05, 3.63) is 47.5 Å². The molecular formula is C16H22O4S. The molecule has 1 aromatic carbocycles.